The molecule has 3 nitrogen and oxygen atoms in total. The van der Waals surface area contributed by atoms with Crippen LogP contribution in [0.4, 0.5) is 0 Å². The number of nitrogens with one attached hydrogen (secondary N) is 1. The number of thioether (sulfide) groups is 1. The summed E-state index contributed by atoms with van der Waals surface area (Å²) >= 11 is 2.01. The number of carbonyl (C=O) groups excluding carboxylic acids is 1. The summed E-state index contributed by atoms with van der Waals surface area (Å²) in [5.74, 6) is 1.77. The van der Waals surface area contributed by atoms with Crippen molar-refractivity contribution in [3.8, 4) is 0 Å². The summed E-state index contributed by atoms with van der Waals surface area (Å²) in [5.41, 5.74) is 5.09. The molecule has 0 aliphatic heterocycles. The zero-order valence-electron chi connectivity index (χ0n) is 11.3. The molecule has 0 heterocycles. The largest absolute Gasteiger partial charge is 0.368 e. The fraction of sp³-hybridized carbons (Fsp3) is 0.923. The average Bonchev–Trinajstić information content (AvgIpc) is 2.28. The lowest BCUT2D eigenvalue weighted by Crippen LogP contribution is -2.57. The number of hydrogen-bond acceptors (Lipinski definition) is 3. The Balaban J connectivity index is 2.45. The van der Waals surface area contributed by atoms with Crippen LogP contribution in [0.1, 0.15) is 46.0 Å². The summed E-state index contributed by atoms with van der Waals surface area (Å²) in [5, 5.41) is 3.74. The Morgan fingerprint density at radius 3 is 2.82 bits per heavy atom. The van der Waals surface area contributed by atoms with E-state index in [4.69, 9.17) is 5.73 Å². The van der Waals surface area contributed by atoms with Crippen LogP contribution < -0.4 is 11.1 Å². The molecule has 4 heteroatoms. The molecule has 1 amide bonds. The summed E-state index contributed by atoms with van der Waals surface area (Å²) in [6.45, 7) is 4.51. The third-order valence-corrected chi connectivity index (χ3v) is 5.05. The Kier molecular flexibility index (Phi) is 5.80. The van der Waals surface area contributed by atoms with E-state index < -0.39 is 5.54 Å². The summed E-state index contributed by atoms with van der Waals surface area (Å²) < 4.78 is 0. The first-order chi connectivity index (χ1) is 8.00. The van der Waals surface area contributed by atoms with Crippen molar-refractivity contribution in [1.29, 1.82) is 0 Å². The summed E-state index contributed by atoms with van der Waals surface area (Å²) in [7, 11) is 1.85. The lowest BCUT2D eigenvalue weighted by Gasteiger charge is -2.38. The van der Waals surface area contributed by atoms with Gasteiger partial charge in [0.25, 0.3) is 0 Å². The van der Waals surface area contributed by atoms with Gasteiger partial charge in [-0.3, -0.25) is 4.79 Å². The first-order valence-corrected chi connectivity index (χ1v) is 7.65. The molecule has 0 aromatic carbocycles. The van der Waals surface area contributed by atoms with E-state index in [1.165, 1.54) is 18.6 Å². The van der Waals surface area contributed by atoms with Crippen molar-refractivity contribution in [2.24, 2.45) is 11.7 Å². The molecule has 3 N–H and O–H groups in total. The average molecular weight is 258 g/mol. The maximum atomic E-state index is 11.6. The van der Waals surface area contributed by atoms with Crippen LogP contribution in [-0.4, -0.2) is 29.5 Å². The molecule has 0 aromatic heterocycles. The van der Waals surface area contributed by atoms with E-state index >= 15 is 0 Å². The molecule has 1 rings (SSSR count). The van der Waals surface area contributed by atoms with Crippen molar-refractivity contribution in [2.75, 3.05) is 12.8 Å². The number of nitrogens with two attached hydrogens (primary N) is 1. The smallest absolute Gasteiger partial charge is 0.237 e. The van der Waals surface area contributed by atoms with Crippen LogP contribution in [0.5, 0.6) is 0 Å². The van der Waals surface area contributed by atoms with Gasteiger partial charge in [0.15, 0.2) is 0 Å². The fourth-order valence-corrected chi connectivity index (χ4v) is 4.09. The topological polar surface area (TPSA) is 55.1 Å². The van der Waals surface area contributed by atoms with E-state index in [2.05, 4.69) is 19.2 Å². The van der Waals surface area contributed by atoms with E-state index in [1.54, 1.807) is 0 Å². The molecular weight excluding hydrogens is 232 g/mol. The normalized spacial score (nSPS) is 29.5. The highest BCUT2D eigenvalue weighted by molar-refractivity contribution is 7.99. The van der Waals surface area contributed by atoms with Crippen molar-refractivity contribution in [2.45, 2.75) is 56.7 Å². The van der Waals surface area contributed by atoms with Crippen LogP contribution in [0.25, 0.3) is 0 Å². The van der Waals surface area contributed by atoms with Crippen molar-refractivity contribution in [3.63, 3.8) is 0 Å². The molecule has 1 aliphatic rings. The maximum Gasteiger partial charge on any atom is 0.237 e. The quantitative estimate of drug-likeness (QED) is 0.767. The molecule has 2 unspecified atom stereocenters. The van der Waals surface area contributed by atoms with E-state index in [-0.39, 0.29) is 5.91 Å². The van der Waals surface area contributed by atoms with Gasteiger partial charge in [-0.25, -0.2) is 0 Å². The van der Waals surface area contributed by atoms with Crippen molar-refractivity contribution < 1.29 is 4.79 Å². The molecule has 100 valence electrons. The number of likely N-dealkylation sites (N-methyl/N-ethyl adjacent to an activating group) is 1. The molecule has 0 bridgehead atoms. The minimum absolute atomic E-state index is 0.186. The second-order valence-electron chi connectivity index (χ2n) is 5.47. The molecule has 0 saturated heterocycles. The standard InChI is InChI=1S/C13H26N2OS/c1-10(2)6-8-17-11-5-4-7-13(9-11,15-3)12(14)16/h10-11,15H,4-9H2,1-3H3,(H2,14,16). The summed E-state index contributed by atoms with van der Waals surface area (Å²) in [6.07, 6.45) is 5.36. The number of rotatable bonds is 6. The first kappa shape index (κ1) is 14.8. The van der Waals surface area contributed by atoms with Crippen molar-refractivity contribution in [1.82, 2.24) is 5.32 Å². The van der Waals surface area contributed by atoms with Gasteiger partial charge in [-0.1, -0.05) is 13.8 Å². The van der Waals surface area contributed by atoms with Crippen LogP contribution in [0.15, 0.2) is 0 Å². The highest BCUT2D eigenvalue weighted by atomic mass is 32.2. The molecule has 17 heavy (non-hydrogen) atoms. The van der Waals surface area contributed by atoms with E-state index in [9.17, 15) is 4.79 Å². The lowest BCUT2D eigenvalue weighted by atomic mass is 9.81. The highest BCUT2D eigenvalue weighted by Crippen LogP contribution is 2.35. The van der Waals surface area contributed by atoms with Gasteiger partial charge in [0.05, 0.1) is 5.54 Å². The van der Waals surface area contributed by atoms with Gasteiger partial charge in [0.2, 0.25) is 5.91 Å². The Labute approximate surface area is 109 Å². The monoisotopic (exact) mass is 258 g/mol. The van der Waals surface area contributed by atoms with E-state index in [0.29, 0.717) is 5.25 Å². The van der Waals surface area contributed by atoms with E-state index in [1.807, 2.05) is 18.8 Å². The molecule has 0 radical (unpaired) electrons. The molecule has 0 spiro atoms. The predicted molar refractivity (Wildman–Crippen MR) is 75.2 cm³/mol. The first-order valence-electron chi connectivity index (χ1n) is 6.60. The third-order valence-electron chi connectivity index (χ3n) is 3.70. The van der Waals surface area contributed by atoms with Gasteiger partial charge < -0.3 is 11.1 Å². The van der Waals surface area contributed by atoms with Crippen molar-refractivity contribution in [3.05, 3.63) is 0 Å². The summed E-state index contributed by atoms with van der Waals surface area (Å²) in [6, 6.07) is 0. The van der Waals surface area contributed by atoms with Gasteiger partial charge in [0, 0.05) is 5.25 Å². The number of hydrogen-bond donors (Lipinski definition) is 2. The van der Waals surface area contributed by atoms with Gasteiger partial charge in [-0.15, -0.1) is 0 Å². The molecule has 1 aliphatic carbocycles. The second-order valence-corrected chi connectivity index (χ2v) is 6.88. The van der Waals surface area contributed by atoms with Crippen LogP contribution in [0.2, 0.25) is 0 Å². The molecule has 1 fully saturated rings. The highest BCUT2D eigenvalue weighted by Gasteiger charge is 2.39. The summed E-state index contributed by atoms with van der Waals surface area (Å²) in [4.78, 5) is 11.6. The Bertz CT molecular complexity index is 258. The molecule has 0 aromatic rings. The van der Waals surface area contributed by atoms with E-state index in [0.717, 1.165) is 25.2 Å². The Morgan fingerprint density at radius 1 is 1.59 bits per heavy atom. The van der Waals surface area contributed by atoms with Gasteiger partial charge in [-0.05, 0) is 50.8 Å². The SMILES string of the molecule is CNC1(C(N)=O)CCCC(SCCC(C)C)C1. The van der Waals surface area contributed by atoms with Crippen molar-refractivity contribution >= 4 is 17.7 Å². The molecule has 1 saturated carbocycles. The van der Waals surface area contributed by atoms with Gasteiger partial charge >= 0.3 is 0 Å². The second kappa shape index (κ2) is 6.64. The fourth-order valence-electron chi connectivity index (χ4n) is 2.41. The zero-order chi connectivity index (χ0) is 12.9. The van der Waals surface area contributed by atoms with Crippen LogP contribution >= 0.6 is 11.8 Å². The minimum atomic E-state index is -0.451. The number of amides is 1. The Hall–Kier alpha value is -0.220. The Morgan fingerprint density at radius 2 is 2.29 bits per heavy atom. The van der Waals surface area contributed by atoms with Gasteiger partial charge in [-0.2, -0.15) is 11.8 Å². The third kappa shape index (κ3) is 4.18. The zero-order valence-corrected chi connectivity index (χ0v) is 12.1. The van der Waals surface area contributed by atoms with Crippen LogP contribution in [0, 0.1) is 5.92 Å². The molecular formula is C13H26N2OS. The number of primary amides is 1. The van der Waals surface area contributed by atoms with Crippen LogP contribution in [0.3, 0.4) is 0 Å². The number of carbonyl (C=O) groups is 1. The predicted octanol–water partition coefficient (Wildman–Crippen LogP) is 2.15. The lowest BCUT2D eigenvalue weighted by molar-refractivity contribution is -0.125. The van der Waals surface area contributed by atoms with Crippen LogP contribution in [-0.2, 0) is 4.79 Å². The molecule has 2 atom stereocenters. The minimum Gasteiger partial charge on any atom is -0.368 e. The van der Waals surface area contributed by atoms with Gasteiger partial charge in [0.1, 0.15) is 0 Å². The maximum absolute atomic E-state index is 11.6.